The van der Waals surface area contributed by atoms with Crippen molar-refractivity contribution in [2.45, 2.75) is 99.0 Å². The Labute approximate surface area is 288 Å². The summed E-state index contributed by atoms with van der Waals surface area (Å²) in [4.78, 5) is 12.0. The summed E-state index contributed by atoms with van der Waals surface area (Å²) in [5.41, 5.74) is 5.10. The van der Waals surface area contributed by atoms with Crippen molar-refractivity contribution >= 4 is 17.1 Å². The van der Waals surface area contributed by atoms with Crippen LogP contribution in [0.15, 0.2) is 79.1 Å². The summed E-state index contributed by atoms with van der Waals surface area (Å²) in [6.45, 7) is 19.5. The molecule has 0 aliphatic carbocycles. The minimum Gasteiger partial charge on any atom is -0.492 e. The van der Waals surface area contributed by atoms with Gasteiger partial charge in [0, 0.05) is 35.6 Å². The number of unbranched alkanes of at least 4 members (excludes halogenated alkanes) is 3. The second kappa shape index (κ2) is 17.9. The van der Waals surface area contributed by atoms with E-state index in [2.05, 4.69) is 70.8 Å². The Kier molecular flexibility index (Phi) is 13.7. The van der Waals surface area contributed by atoms with E-state index in [0.717, 1.165) is 77.4 Å². The van der Waals surface area contributed by atoms with Crippen molar-refractivity contribution in [1.29, 1.82) is 0 Å². The van der Waals surface area contributed by atoms with Crippen LogP contribution in [0.3, 0.4) is 0 Å². The van der Waals surface area contributed by atoms with E-state index < -0.39 is 0 Å². The van der Waals surface area contributed by atoms with Crippen LogP contribution in [-0.2, 0) is 4.79 Å². The van der Waals surface area contributed by atoms with E-state index in [1.807, 2.05) is 42.5 Å². The summed E-state index contributed by atoms with van der Waals surface area (Å²) in [5.74, 6) is 3.26. The van der Waals surface area contributed by atoms with Crippen LogP contribution in [0.25, 0.3) is 11.1 Å². The first-order chi connectivity index (χ1) is 23.2. The summed E-state index contributed by atoms with van der Waals surface area (Å²) in [6, 6.07) is 22.0. The van der Waals surface area contributed by atoms with Crippen LogP contribution in [0.4, 0.5) is 0 Å². The molecule has 48 heavy (non-hydrogen) atoms. The van der Waals surface area contributed by atoms with Gasteiger partial charge in [-0.3, -0.25) is 4.79 Å². The Morgan fingerprint density at radius 1 is 0.854 bits per heavy atom. The van der Waals surface area contributed by atoms with Crippen molar-refractivity contribution in [3.8, 4) is 23.0 Å². The SMILES string of the molecule is C=C(Oc1ccc(C2=C(C)c3ccc(OC(=O)CC)cc3O[C@H]2c2ccc(OCCNCCCCCC)cc2)cc1)C(C)(CC)CCC. The van der Waals surface area contributed by atoms with Crippen molar-refractivity contribution in [2.24, 2.45) is 5.41 Å². The van der Waals surface area contributed by atoms with Gasteiger partial charge >= 0.3 is 5.97 Å². The number of fused-ring (bicyclic) bond motifs is 1. The summed E-state index contributed by atoms with van der Waals surface area (Å²) in [5, 5.41) is 3.47. The highest BCUT2D eigenvalue weighted by Gasteiger charge is 2.31. The molecule has 1 unspecified atom stereocenters. The van der Waals surface area contributed by atoms with Gasteiger partial charge in [0.05, 0.1) is 0 Å². The molecule has 258 valence electrons. The third kappa shape index (κ3) is 9.53. The lowest BCUT2D eigenvalue weighted by Gasteiger charge is -2.32. The summed E-state index contributed by atoms with van der Waals surface area (Å²) in [6.07, 6.45) is 8.01. The average molecular weight is 654 g/mol. The summed E-state index contributed by atoms with van der Waals surface area (Å²) >= 11 is 0. The van der Waals surface area contributed by atoms with E-state index >= 15 is 0 Å². The van der Waals surface area contributed by atoms with Crippen molar-refractivity contribution < 1.29 is 23.7 Å². The molecule has 0 saturated carbocycles. The zero-order valence-corrected chi connectivity index (χ0v) is 30.0. The highest BCUT2D eigenvalue weighted by molar-refractivity contribution is 5.95. The van der Waals surface area contributed by atoms with Crippen LogP contribution in [0.5, 0.6) is 23.0 Å². The van der Waals surface area contributed by atoms with Gasteiger partial charge in [-0.05, 0) is 85.8 Å². The van der Waals surface area contributed by atoms with Crippen LogP contribution in [0, 0.1) is 5.41 Å². The molecule has 4 rings (SSSR count). The number of hydrogen-bond donors (Lipinski definition) is 1. The van der Waals surface area contributed by atoms with Gasteiger partial charge < -0.3 is 24.3 Å². The maximum absolute atomic E-state index is 12.0. The fourth-order valence-electron chi connectivity index (χ4n) is 6.12. The Morgan fingerprint density at radius 2 is 1.56 bits per heavy atom. The third-order valence-corrected chi connectivity index (χ3v) is 9.39. The van der Waals surface area contributed by atoms with Gasteiger partial charge in [0.25, 0.3) is 0 Å². The van der Waals surface area contributed by atoms with Crippen molar-refractivity contribution in [1.82, 2.24) is 5.32 Å². The minimum absolute atomic E-state index is 0.0660. The molecule has 6 nitrogen and oxygen atoms in total. The van der Waals surface area contributed by atoms with E-state index in [4.69, 9.17) is 18.9 Å². The second-order valence-corrected chi connectivity index (χ2v) is 13.0. The molecule has 1 aliphatic rings. The molecule has 0 radical (unpaired) electrons. The van der Waals surface area contributed by atoms with E-state index in [9.17, 15) is 4.79 Å². The lowest BCUT2D eigenvalue weighted by molar-refractivity contribution is -0.134. The quantitative estimate of drug-likeness (QED) is 0.0601. The molecule has 0 fully saturated rings. The molecular formula is C42H55NO5. The molecule has 3 aromatic rings. The molecule has 1 N–H and O–H groups in total. The van der Waals surface area contributed by atoms with Crippen molar-refractivity contribution in [3.05, 3.63) is 95.8 Å². The Morgan fingerprint density at radius 3 is 2.23 bits per heavy atom. The van der Waals surface area contributed by atoms with Crippen molar-refractivity contribution in [2.75, 3.05) is 19.7 Å². The number of allylic oxidation sites excluding steroid dienone is 2. The smallest absolute Gasteiger partial charge is 0.310 e. The number of benzene rings is 3. The Bertz CT molecular complexity index is 1520. The predicted octanol–water partition coefficient (Wildman–Crippen LogP) is 10.7. The van der Waals surface area contributed by atoms with Gasteiger partial charge in [-0.1, -0.05) is 91.1 Å². The van der Waals surface area contributed by atoms with Crippen molar-refractivity contribution in [3.63, 3.8) is 0 Å². The van der Waals surface area contributed by atoms with Gasteiger partial charge in [-0.2, -0.15) is 0 Å². The number of esters is 1. The average Bonchev–Trinajstić information content (AvgIpc) is 3.10. The Balaban J connectivity index is 1.57. The molecule has 0 amide bonds. The monoisotopic (exact) mass is 653 g/mol. The first kappa shape index (κ1) is 36.8. The zero-order chi connectivity index (χ0) is 34.5. The molecule has 0 aromatic heterocycles. The number of hydrogen-bond acceptors (Lipinski definition) is 6. The predicted molar refractivity (Wildman–Crippen MR) is 197 cm³/mol. The largest absolute Gasteiger partial charge is 0.492 e. The normalized spacial score (nSPS) is 15.2. The standard InChI is InChI=1S/C42H55NO5/c1-8-12-13-14-26-43-27-28-45-34-19-17-33(18-20-34)41-40(30(5)37-24-23-36(29-38(37)48-41)47-39(44)10-3)32-15-21-35(22-16-32)46-31(6)42(7,11-4)25-9-2/h15-24,29,41,43H,6,8-14,25-28H2,1-5,7H3/t41-,42?/m0/s1. The van der Waals surface area contributed by atoms with Crippen LogP contribution in [0.1, 0.15) is 116 Å². The van der Waals surface area contributed by atoms with E-state index in [0.29, 0.717) is 24.5 Å². The number of carbonyl (C=O) groups is 1. The lowest BCUT2D eigenvalue weighted by Crippen LogP contribution is -2.22. The molecule has 2 atom stereocenters. The minimum atomic E-state index is -0.386. The number of ether oxygens (including phenoxy) is 4. The van der Waals surface area contributed by atoms with Gasteiger partial charge in [0.15, 0.2) is 0 Å². The number of rotatable bonds is 19. The van der Waals surface area contributed by atoms with E-state index in [1.54, 1.807) is 6.92 Å². The molecule has 1 aliphatic heterocycles. The third-order valence-electron chi connectivity index (χ3n) is 9.39. The fourth-order valence-corrected chi connectivity index (χ4v) is 6.12. The van der Waals surface area contributed by atoms with E-state index in [-0.39, 0.29) is 17.5 Å². The fraction of sp³-hybridized carbons (Fsp3) is 0.452. The van der Waals surface area contributed by atoms with Gasteiger partial charge in [-0.15, -0.1) is 0 Å². The molecule has 0 bridgehead atoms. The summed E-state index contributed by atoms with van der Waals surface area (Å²) < 4.78 is 24.6. The molecular weight excluding hydrogens is 598 g/mol. The van der Waals surface area contributed by atoms with Gasteiger partial charge in [-0.25, -0.2) is 0 Å². The first-order valence-corrected chi connectivity index (χ1v) is 17.9. The lowest BCUT2D eigenvalue weighted by atomic mass is 9.81. The highest BCUT2D eigenvalue weighted by atomic mass is 16.5. The Hall–Kier alpha value is -4.03. The maximum atomic E-state index is 12.0. The topological polar surface area (TPSA) is 66.0 Å². The molecule has 0 saturated heterocycles. The van der Waals surface area contributed by atoms with E-state index in [1.165, 1.54) is 25.7 Å². The zero-order valence-electron chi connectivity index (χ0n) is 30.0. The number of nitrogens with one attached hydrogen (secondary N) is 1. The van der Waals surface area contributed by atoms with Gasteiger partial charge in [0.2, 0.25) is 0 Å². The van der Waals surface area contributed by atoms with Crippen LogP contribution >= 0.6 is 0 Å². The number of carbonyl (C=O) groups excluding carboxylic acids is 1. The molecule has 3 aromatic carbocycles. The second-order valence-electron chi connectivity index (χ2n) is 13.0. The summed E-state index contributed by atoms with van der Waals surface area (Å²) in [7, 11) is 0. The van der Waals surface area contributed by atoms with Crippen LogP contribution in [-0.4, -0.2) is 25.7 Å². The molecule has 1 heterocycles. The van der Waals surface area contributed by atoms with Crippen LogP contribution in [0.2, 0.25) is 0 Å². The highest BCUT2D eigenvalue weighted by Crippen LogP contribution is 2.48. The molecule has 0 spiro atoms. The molecule has 6 heteroatoms. The first-order valence-electron chi connectivity index (χ1n) is 17.9. The van der Waals surface area contributed by atoms with Crippen LogP contribution < -0.4 is 24.3 Å². The van der Waals surface area contributed by atoms with Gasteiger partial charge in [0.1, 0.15) is 41.5 Å². The maximum Gasteiger partial charge on any atom is 0.310 e.